The van der Waals surface area contributed by atoms with Crippen molar-refractivity contribution in [3.63, 3.8) is 0 Å². The van der Waals surface area contributed by atoms with Crippen LogP contribution in [0.3, 0.4) is 0 Å². The molecule has 0 saturated heterocycles. The average Bonchev–Trinajstić information content (AvgIpc) is 3.11. The van der Waals surface area contributed by atoms with Gasteiger partial charge in [-0.1, -0.05) is 41.9 Å². The average molecular weight is 464 g/mol. The molecule has 0 radical (unpaired) electrons. The second-order valence-electron chi connectivity index (χ2n) is 6.99. The third kappa shape index (κ3) is 5.10. The van der Waals surface area contributed by atoms with Crippen LogP contribution >= 0.6 is 22.9 Å². The topological polar surface area (TPSA) is 74.7 Å². The van der Waals surface area contributed by atoms with Gasteiger partial charge in [-0.05, 0) is 42.0 Å². The van der Waals surface area contributed by atoms with Gasteiger partial charge in [0.15, 0.2) is 9.84 Å². The minimum atomic E-state index is -3.41. The molecule has 0 atom stereocenters. The van der Waals surface area contributed by atoms with E-state index in [1.54, 1.807) is 24.3 Å². The van der Waals surface area contributed by atoms with Crippen molar-refractivity contribution in [1.29, 1.82) is 0 Å². The zero-order chi connectivity index (χ0) is 21.9. The Balaban J connectivity index is 2.08. The molecule has 0 aliphatic rings. The standard InChI is InChI=1S/C22H22ClNO4S2/c1-24(26)21(25)9-5-7-19-22(15-10-12-16(23)13-11-15)18(14-29-19)17-6-3-4-8-20(17)30(2,27)28/h3-4,6,8,10-14,26H,5,7,9H2,1-2H3. The van der Waals surface area contributed by atoms with E-state index < -0.39 is 9.84 Å². The molecule has 0 aliphatic carbocycles. The molecule has 1 N–H and O–H groups in total. The van der Waals surface area contributed by atoms with E-state index in [9.17, 15) is 18.4 Å². The summed E-state index contributed by atoms with van der Waals surface area (Å²) in [7, 11) is -2.10. The van der Waals surface area contributed by atoms with Gasteiger partial charge in [-0.25, -0.2) is 13.5 Å². The number of rotatable bonds is 7. The number of hydrogen-bond donors (Lipinski definition) is 1. The maximum atomic E-state index is 12.4. The third-order valence-corrected chi connectivity index (χ3v) is 7.19. The second-order valence-corrected chi connectivity index (χ2v) is 10.4. The van der Waals surface area contributed by atoms with Crippen molar-refractivity contribution in [3.05, 3.63) is 63.8 Å². The lowest BCUT2D eigenvalue weighted by molar-refractivity contribution is -0.159. The minimum absolute atomic E-state index is 0.222. The van der Waals surface area contributed by atoms with Gasteiger partial charge in [0.2, 0.25) is 5.91 Å². The molecule has 0 unspecified atom stereocenters. The smallest absolute Gasteiger partial charge is 0.245 e. The Kier molecular flexibility index (Phi) is 6.98. The Morgan fingerprint density at radius 3 is 2.40 bits per heavy atom. The zero-order valence-corrected chi connectivity index (χ0v) is 19.0. The normalized spacial score (nSPS) is 11.5. The molecule has 1 amide bonds. The molecule has 2 aromatic carbocycles. The molecule has 5 nitrogen and oxygen atoms in total. The van der Waals surface area contributed by atoms with Crippen molar-refractivity contribution >= 4 is 38.7 Å². The SMILES string of the molecule is CN(O)C(=O)CCCc1scc(-c2ccccc2S(C)(=O)=O)c1-c1ccc(Cl)cc1. The van der Waals surface area contributed by atoms with Crippen LogP contribution in [0.2, 0.25) is 5.02 Å². The number of hydrogen-bond acceptors (Lipinski definition) is 5. The number of halogens is 1. The van der Waals surface area contributed by atoms with Gasteiger partial charge in [0.1, 0.15) is 0 Å². The van der Waals surface area contributed by atoms with Crippen molar-refractivity contribution in [2.75, 3.05) is 13.3 Å². The number of carbonyl (C=O) groups excluding carboxylic acids is 1. The first kappa shape index (κ1) is 22.5. The molecule has 8 heteroatoms. The Morgan fingerprint density at radius 1 is 1.10 bits per heavy atom. The van der Waals surface area contributed by atoms with Crippen LogP contribution in [0.15, 0.2) is 58.8 Å². The number of nitrogens with zero attached hydrogens (tertiary/aromatic N) is 1. The van der Waals surface area contributed by atoms with E-state index in [2.05, 4.69) is 0 Å². The van der Waals surface area contributed by atoms with Gasteiger partial charge >= 0.3 is 0 Å². The van der Waals surface area contributed by atoms with Crippen LogP contribution < -0.4 is 0 Å². The van der Waals surface area contributed by atoms with Crippen LogP contribution in [-0.2, 0) is 21.1 Å². The molecule has 3 aromatic rings. The Labute approximate surface area is 185 Å². The molecule has 1 heterocycles. The second kappa shape index (κ2) is 9.31. The molecule has 158 valence electrons. The van der Waals surface area contributed by atoms with Gasteiger partial charge < -0.3 is 0 Å². The predicted octanol–water partition coefficient (Wildman–Crippen LogP) is 5.31. The van der Waals surface area contributed by atoms with Gasteiger partial charge in [0, 0.05) is 46.3 Å². The Bertz CT molecular complexity index is 1150. The number of amides is 1. The summed E-state index contributed by atoms with van der Waals surface area (Å²) in [6, 6.07) is 14.4. The summed E-state index contributed by atoms with van der Waals surface area (Å²) in [5, 5.41) is 12.4. The Hall–Kier alpha value is -2.19. The first-order chi connectivity index (χ1) is 14.2. The third-order valence-electron chi connectivity index (χ3n) is 4.73. The fourth-order valence-corrected chi connectivity index (χ4v) is 5.43. The molecule has 30 heavy (non-hydrogen) atoms. The van der Waals surface area contributed by atoms with Crippen molar-refractivity contribution in [3.8, 4) is 22.3 Å². The van der Waals surface area contributed by atoms with Crippen molar-refractivity contribution in [2.45, 2.75) is 24.2 Å². The van der Waals surface area contributed by atoms with Gasteiger partial charge in [-0.15, -0.1) is 11.3 Å². The van der Waals surface area contributed by atoms with E-state index >= 15 is 0 Å². The summed E-state index contributed by atoms with van der Waals surface area (Å²) in [5.41, 5.74) is 3.36. The van der Waals surface area contributed by atoms with Crippen LogP contribution in [0.25, 0.3) is 22.3 Å². The fourth-order valence-electron chi connectivity index (χ4n) is 3.29. The summed E-state index contributed by atoms with van der Waals surface area (Å²) in [6.07, 6.45) is 2.62. The molecule has 0 fully saturated rings. The number of thiophene rings is 1. The van der Waals surface area contributed by atoms with Gasteiger partial charge in [0.25, 0.3) is 0 Å². The molecule has 1 aromatic heterocycles. The van der Waals surface area contributed by atoms with E-state index in [1.165, 1.54) is 24.6 Å². The van der Waals surface area contributed by atoms with Gasteiger partial charge in [0.05, 0.1) is 4.90 Å². The van der Waals surface area contributed by atoms with Crippen LogP contribution in [0, 0.1) is 0 Å². The number of benzene rings is 2. The van der Waals surface area contributed by atoms with Crippen LogP contribution in [0.1, 0.15) is 17.7 Å². The highest BCUT2D eigenvalue weighted by Gasteiger charge is 2.21. The van der Waals surface area contributed by atoms with Crippen LogP contribution in [0.5, 0.6) is 0 Å². The first-order valence-electron chi connectivity index (χ1n) is 9.29. The lowest BCUT2D eigenvalue weighted by Gasteiger charge is -2.12. The molecule has 0 bridgehead atoms. The van der Waals surface area contributed by atoms with Crippen LogP contribution in [0.4, 0.5) is 0 Å². The molecule has 3 rings (SSSR count). The highest BCUT2D eigenvalue weighted by molar-refractivity contribution is 7.90. The molecule has 0 aliphatic heterocycles. The maximum absolute atomic E-state index is 12.4. The largest absolute Gasteiger partial charge is 0.286 e. The lowest BCUT2D eigenvalue weighted by atomic mass is 9.95. The molecular formula is C22H22ClNO4S2. The highest BCUT2D eigenvalue weighted by atomic mass is 35.5. The minimum Gasteiger partial charge on any atom is -0.286 e. The zero-order valence-electron chi connectivity index (χ0n) is 16.6. The number of hydroxylamine groups is 2. The lowest BCUT2D eigenvalue weighted by Crippen LogP contribution is -2.22. The van der Waals surface area contributed by atoms with Crippen LogP contribution in [-0.4, -0.2) is 37.9 Å². The van der Waals surface area contributed by atoms with E-state index in [1.807, 2.05) is 29.6 Å². The van der Waals surface area contributed by atoms with E-state index in [0.717, 1.165) is 21.6 Å². The maximum Gasteiger partial charge on any atom is 0.245 e. The molecule has 0 saturated carbocycles. The van der Waals surface area contributed by atoms with Gasteiger partial charge in [-0.2, -0.15) is 0 Å². The number of aryl methyl sites for hydroxylation is 1. The Morgan fingerprint density at radius 2 is 1.77 bits per heavy atom. The monoisotopic (exact) mass is 463 g/mol. The molecular weight excluding hydrogens is 442 g/mol. The first-order valence-corrected chi connectivity index (χ1v) is 12.4. The molecule has 0 spiro atoms. The van der Waals surface area contributed by atoms with Crippen molar-refractivity contribution in [1.82, 2.24) is 5.06 Å². The number of sulfone groups is 1. The summed E-state index contributed by atoms with van der Waals surface area (Å²) < 4.78 is 24.7. The van der Waals surface area contributed by atoms with Gasteiger partial charge in [-0.3, -0.25) is 10.0 Å². The fraction of sp³-hybridized carbons (Fsp3) is 0.227. The van der Waals surface area contributed by atoms with Crippen molar-refractivity contribution < 1.29 is 18.4 Å². The highest BCUT2D eigenvalue weighted by Crippen LogP contribution is 2.42. The quantitative estimate of drug-likeness (QED) is 0.380. The summed E-state index contributed by atoms with van der Waals surface area (Å²) in [6.45, 7) is 0. The summed E-state index contributed by atoms with van der Waals surface area (Å²) in [5.74, 6) is -0.345. The van der Waals surface area contributed by atoms with E-state index in [0.29, 0.717) is 28.5 Å². The van der Waals surface area contributed by atoms with E-state index in [-0.39, 0.29) is 17.2 Å². The van der Waals surface area contributed by atoms with Crippen molar-refractivity contribution in [2.24, 2.45) is 0 Å². The number of carbonyl (C=O) groups is 1. The van der Waals surface area contributed by atoms with E-state index in [4.69, 9.17) is 11.6 Å². The summed E-state index contributed by atoms with van der Waals surface area (Å²) in [4.78, 5) is 13.0. The summed E-state index contributed by atoms with van der Waals surface area (Å²) >= 11 is 7.59. The predicted molar refractivity (Wildman–Crippen MR) is 121 cm³/mol.